The minimum absolute atomic E-state index is 0.0264. The van der Waals surface area contributed by atoms with Crippen LogP contribution >= 0.6 is 0 Å². The summed E-state index contributed by atoms with van der Waals surface area (Å²) in [5, 5.41) is 15.0. The van der Waals surface area contributed by atoms with Gasteiger partial charge in [0.1, 0.15) is 4.90 Å². The zero-order chi connectivity index (χ0) is 14.9. The molecule has 0 unspecified atom stereocenters. The topological polar surface area (TPSA) is 95.3 Å². The van der Waals surface area contributed by atoms with Gasteiger partial charge in [-0.2, -0.15) is 9.40 Å². The van der Waals surface area contributed by atoms with E-state index in [-0.39, 0.29) is 11.4 Å². The summed E-state index contributed by atoms with van der Waals surface area (Å²) >= 11 is 0. The van der Waals surface area contributed by atoms with E-state index in [1.807, 2.05) is 6.92 Å². The predicted molar refractivity (Wildman–Crippen MR) is 69.1 cm³/mol. The van der Waals surface area contributed by atoms with Crippen LogP contribution in [0.25, 0.3) is 0 Å². The molecule has 0 saturated carbocycles. The standard InChI is InChI=1S/C12H19N3O4S/c1-3-15-9(2)11(7-13-15)20(18,19)14-6-4-5-10(8-14)12(16)17/h7,10H,3-6,8H2,1-2H3,(H,16,17)/p-1/t10-/m1/s1. The van der Waals surface area contributed by atoms with Crippen molar-refractivity contribution in [1.29, 1.82) is 0 Å². The maximum Gasteiger partial charge on any atom is 0.246 e. The first-order chi connectivity index (χ1) is 9.37. The number of carboxylic acids is 1. The SMILES string of the molecule is CCn1ncc(S(=O)(=O)N2CCC[C@@H](C(=O)[O-])C2)c1C. The maximum absolute atomic E-state index is 12.6. The number of piperidine rings is 1. The Morgan fingerprint density at radius 2 is 2.25 bits per heavy atom. The van der Waals surface area contributed by atoms with Crippen molar-refractivity contribution in [2.24, 2.45) is 5.92 Å². The maximum atomic E-state index is 12.6. The Kier molecular flexibility index (Phi) is 4.14. The van der Waals surface area contributed by atoms with Gasteiger partial charge in [0, 0.05) is 31.5 Å². The molecular formula is C12H18N3O4S-. The molecule has 0 aliphatic carbocycles. The van der Waals surface area contributed by atoms with Gasteiger partial charge >= 0.3 is 0 Å². The van der Waals surface area contributed by atoms with E-state index in [0.29, 0.717) is 31.6 Å². The zero-order valence-corrected chi connectivity index (χ0v) is 12.4. The first-order valence-corrected chi connectivity index (χ1v) is 8.05. The summed E-state index contributed by atoms with van der Waals surface area (Å²) in [7, 11) is -3.69. The first kappa shape index (κ1) is 15.0. The minimum Gasteiger partial charge on any atom is -0.550 e. The number of hydrogen-bond acceptors (Lipinski definition) is 5. The second-order valence-electron chi connectivity index (χ2n) is 4.93. The molecule has 2 heterocycles. The van der Waals surface area contributed by atoms with E-state index in [4.69, 9.17) is 0 Å². The molecule has 0 N–H and O–H groups in total. The number of sulfonamides is 1. The minimum atomic E-state index is -3.69. The lowest BCUT2D eigenvalue weighted by Crippen LogP contribution is -2.46. The van der Waals surface area contributed by atoms with E-state index in [9.17, 15) is 18.3 Å². The van der Waals surface area contributed by atoms with Crippen molar-refractivity contribution in [3.05, 3.63) is 11.9 Å². The van der Waals surface area contributed by atoms with Gasteiger partial charge in [-0.1, -0.05) is 0 Å². The molecule has 1 saturated heterocycles. The van der Waals surface area contributed by atoms with E-state index in [2.05, 4.69) is 5.10 Å². The normalized spacial score (nSPS) is 21.0. The number of hydrogen-bond donors (Lipinski definition) is 0. The highest BCUT2D eigenvalue weighted by atomic mass is 32.2. The molecule has 1 aliphatic heterocycles. The third-order valence-electron chi connectivity index (χ3n) is 3.69. The van der Waals surface area contributed by atoms with Gasteiger partial charge in [-0.3, -0.25) is 4.68 Å². The number of nitrogens with zero attached hydrogens (tertiary/aromatic N) is 3. The number of rotatable bonds is 4. The molecule has 0 amide bonds. The van der Waals surface area contributed by atoms with Gasteiger partial charge in [-0.05, 0) is 26.7 Å². The third-order valence-corrected chi connectivity index (χ3v) is 5.66. The summed E-state index contributed by atoms with van der Waals surface area (Å²) in [4.78, 5) is 11.1. The number of aromatic nitrogens is 2. The smallest absolute Gasteiger partial charge is 0.246 e. The van der Waals surface area contributed by atoms with Crippen LogP contribution in [0.2, 0.25) is 0 Å². The van der Waals surface area contributed by atoms with Crippen molar-refractivity contribution in [3.63, 3.8) is 0 Å². The lowest BCUT2D eigenvalue weighted by atomic mass is 10.0. The van der Waals surface area contributed by atoms with Crippen LogP contribution in [-0.4, -0.2) is 41.6 Å². The van der Waals surface area contributed by atoms with Crippen molar-refractivity contribution in [1.82, 2.24) is 14.1 Å². The van der Waals surface area contributed by atoms with Gasteiger partial charge in [-0.25, -0.2) is 8.42 Å². The van der Waals surface area contributed by atoms with Crippen molar-refractivity contribution in [2.45, 2.75) is 38.1 Å². The Labute approximate surface area is 118 Å². The van der Waals surface area contributed by atoms with Gasteiger partial charge in [-0.15, -0.1) is 0 Å². The molecule has 1 aromatic rings. The van der Waals surface area contributed by atoms with Crippen LogP contribution in [0.4, 0.5) is 0 Å². The lowest BCUT2D eigenvalue weighted by Gasteiger charge is -2.32. The van der Waals surface area contributed by atoms with Gasteiger partial charge < -0.3 is 9.90 Å². The van der Waals surface area contributed by atoms with Gasteiger partial charge in [0.15, 0.2) is 0 Å². The highest BCUT2D eigenvalue weighted by Gasteiger charge is 2.32. The second kappa shape index (κ2) is 5.53. The van der Waals surface area contributed by atoms with Gasteiger partial charge in [0.2, 0.25) is 10.0 Å². The summed E-state index contributed by atoms with van der Waals surface area (Å²) in [6.07, 6.45) is 2.32. The summed E-state index contributed by atoms with van der Waals surface area (Å²) in [5.41, 5.74) is 0.572. The van der Waals surface area contributed by atoms with Crippen LogP contribution in [0.3, 0.4) is 0 Å². The number of carbonyl (C=O) groups is 1. The van der Waals surface area contributed by atoms with Crippen LogP contribution in [0, 0.1) is 12.8 Å². The Morgan fingerprint density at radius 1 is 1.55 bits per heavy atom. The molecule has 7 nitrogen and oxygen atoms in total. The van der Waals surface area contributed by atoms with Crippen LogP contribution in [-0.2, 0) is 21.4 Å². The Hall–Kier alpha value is -1.41. The van der Waals surface area contributed by atoms with Crippen molar-refractivity contribution in [3.8, 4) is 0 Å². The zero-order valence-electron chi connectivity index (χ0n) is 11.6. The third kappa shape index (κ3) is 2.57. The van der Waals surface area contributed by atoms with E-state index in [1.54, 1.807) is 11.6 Å². The lowest BCUT2D eigenvalue weighted by molar-refractivity contribution is -0.312. The average molecular weight is 300 g/mol. The van der Waals surface area contributed by atoms with Gasteiger partial charge in [0.25, 0.3) is 0 Å². The molecule has 1 aliphatic rings. The van der Waals surface area contributed by atoms with Crippen molar-refractivity contribution in [2.75, 3.05) is 13.1 Å². The highest BCUT2D eigenvalue weighted by molar-refractivity contribution is 7.89. The predicted octanol–water partition coefficient (Wildman–Crippen LogP) is -0.638. The fraction of sp³-hybridized carbons (Fsp3) is 0.667. The molecular weight excluding hydrogens is 282 g/mol. The second-order valence-corrected chi connectivity index (χ2v) is 6.84. The Bertz CT molecular complexity index is 608. The van der Waals surface area contributed by atoms with Gasteiger partial charge in [0.05, 0.1) is 11.9 Å². The molecule has 0 radical (unpaired) electrons. The van der Waals surface area contributed by atoms with Crippen molar-refractivity contribution < 1.29 is 18.3 Å². The highest BCUT2D eigenvalue weighted by Crippen LogP contribution is 2.25. The molecule has 1 fully saturated rings. The quantitative estimate of drug-likeness (QED) is 0.737. The number of carbonyl (C=O) groups excluding carboxylic acids is 1. The molecule has 0 aromatic carbocycles. The van der Waals surface area contributed by atoms with E-state index >= 15 is 0 Å². The molecule has 1 atom stereocenters. The Morgan fingerprint density at radius 3 is 2.80 bits per heavy atom. The van der Waals surface area contributed by atoms with E-state index < -0.39 is 21.9 Å². The summed E-state index contributed by atoms with van der Waals surface area (Å²) < 4.78 is 28.0. The van der Waals surface area contributed by atoms with E-state index in [1.165, 1.54) is 10.5 Å². The Balaban J connectivity index is 2.30. The van der Waals surface area contributed by atoms with Crippen LogP contribution in [0.15, 0.2) is 11.1 Å². The molecule has 20 heavy (non-hydrogen) atoms. The largest absolute Gasteiger partial charge is 0.550 e. The van der Waals surface area contributed by atoms with Crippen LogP contribution in [0.5, 0.6) is 0 Å². The fourth-order valence-corrected chi connectivity index (χ4v) is 4.18. The molecule has 2 rings (SSSR count). The van der Waals surface area contributed by atoms with Crippen molar-refractivity contribution >= 4 is 16.0 Å². The summed E-state index contributed by atoms with van der Waals surface area (Å²) in [5.74, 6) is -1.93. The molecule has 8 heteroatoms. The molecule has 0 bridgehead atoms. The number of carboxylic acid groups (broad SMARTS) is 1. The average Bonchev–Trinajstić information content (AvgIpc) is 2.80. The first-order valence-electron chi connectivity index (χ1n) is 6.61. The molecule has 0 spiro atoms. The van der Waals surface area contributed by atoms with Crippen LogP contribution < -0.4 is 5.11 Å². The summed E-state index contributed by atoms with van der Waals surface area (Å²) in [6.45, 7) is 4.47. The fourth-order valence-electron chi connectivity index (χ4n) is 2.49. The van der Waals surface area contributed by atoms with E-state index in [0.717, 1.165) is 0 Å². The number of aryl methyl sites for hydroxylation is 1. The monoisotopic (exact) mass is 300 g/mol. The summed E-state index contributed by atoms with van der Waals surface area (Å²) in [6, 6.07) is 0. The molecule has 112 valence electrons. The van der Waals surface area contributed by atoms with Crippen LogP contribution in [0.1, 0.15) is 25.5 Å². The molecule has 1 aromatic heterocycles. The number of aliphatic carboxylic acids is 1.